The molecule has 4 atom stereocenters. The van der Waals surface area contributed by atoms with Gasteiger partial charge in [-0.05, 0) is 0 Å². The third kappa shape index (κ3) is 2.39. The van der Waals surface area contributed by atoms with Crippen LogP contribution < -0.4 is 5.73 Å². The molecular weight excluding hydrogens is 310 g/mol. The molecular formula is C12H15N5O6. The van der Waals surface area contributed by atoms with Gasteiger partial charge in [-0.2, -0.15) is 0 Å². The van der Waals surface area contributed by atoms with E-state index in [1.807, 2.05) is 0 Å². The van der Waals surface area contributed by atoms with E-state index >= 15 is 0 Å². The van der Waals surface area contributed by atoms with E-state index < -0.39 is 37.1 Å². The minimum Gasteiger partial charge on any atom is -0.463 e. The largest absolute Gasteiger partial charge is 0.463 e. The Balaban J connectivity index is 2.08. The van der Waals surface area contributed by atoms with Crippen molar-refractivity contribution in [2.75, 3.05) is 19.5 Å². The summed E-state index contributed by atoms with van der Waals surface area (Å²) in [6.45, 7) is -0.466. The minimum absolute atomic E-state index is 0.0408. The lowest BCUT2D eigenvalue weighted by atomic mass is 10.1. The molecule has 0 saturated carbocycles. The van der Waals surface area contributed by atoms with Crippen molar-refractivity contribution in [2.24, 2.45) is 0 Å². The molecule has 0 radical (unpaired) electrons. The standard InChI is InChI=1S/C12H15N5O6/c1-22-12(21)9-15-8(13)5-10(16-9)17(3-14-5)11-7(20)6(19)4(2-18)23-11/h3-4,6-7,11,18-20H,2H2,1H3,(H2,13,15,16)/t4-,6-,7-,11-/m1/s1. The molecule has 1 saturated heterocycles. The number of nitrogens with zero attached hydrogens (tertiary/aromatic N) is 4. The second kappa shape index (κ2) is 5.70. The Kier molecular flexibility index (Phi) is 3.85. The van der Waals surface area contributed by atoms with Crippen molar-refractivity contribution < 1.29 is 29.6 Å². The molecule has 0 unspecified atom stereocenters. The number of methoxy groups -OCH3 is 1. The lowest BCUT2D eigenvalue weighted by Crippen LogP contribution is -2.33. The van der Waals surface area contributed by atoms with Gasteiger partial charge in [0.1, 0.15) is 23.8 Å². The van der Waals surface area contributed by atoms with Crippen LogP contribution in [-0.2, 0) is 9.47 Å². The number of imidazole rings is 1. The van der Waals surface area contributed by atoms with Gasteiger partial charge in [-0.25, -0.2) is 19.7 Å². The summed E-state index contributed by atoms with van der Waals surface area (Å²) in [6, 6.07) is 0. The fourth-order valence-electron chi connectivity index (χ4n) is 2.42. The van der Waals surface area contributed by atoms with Gasteiger partial charge in [0, 0.05) is 0 Å². The van der Waals surface area contributed by atoms with E-state index in [1.165, 1.54) is 18.0 Å². The first-order valence-corrected chi connectivity index (χ1v) is 6.68. The van der Waals surface area contributed by atoms with Crippen LogP contribution in [0.3, 0.4) is 0 Å². The highest BCUT2D eigenvalue weighted by molar-refractivity contribution is 5.90. The first-order valence-electron chi connectivity index (χ1n) is 6.68. The number of ether oxygens (including phenoxy) is 2. The third-order valence-corrected chi connectivity index (χ3v) is 3.61. The van der Waals surface area contributed by atoms with E-state index in [9.17, 15) is 15.0 Å². The normalized spacial score (nSPS) is 27.5. The number of esters is 1. The summed E-state index contributed by atoms with van der Waals surface area (Å²) in [4.78, 5) is 23.4. The SMILES string of the molecule is COC(=O)c1nc(N)c2ncn([C@@H]3O[C@H](CO)[C@@H](O)[C@H]3O)c2n1. The van der Waals surface area contributed by atoms with Gasteiger partial charge >= 0.3 is 5.97 Å². The van der Waals surface area contributed by atoms with Crippen molar-refractivity contribution in [1.29, 1.82) is 0 Å². The number of nitrogens with two attached hydrogens (primary N) is 1. The zero-order valence-electron chi connectivity index (χ0n) is 12.0. The molecule has 0 amide bonds. The van der Waals surface area contributed by atoms with Crippen LogP contribution in [0.25, 0.3) is 11.2 Å². The van der Waals surface area contributed by atoms with Crippen LogP contribution in [0.1, 0.15) is 16.8 Å². The monoisotopic (exact) mass is 325 g/mol. The molecule has 1 fully saturated rings. The highest BCUT2D eigenvalue weighted by Crippen LogP contribution is 2.31. The van der Waals surface area contributed by atoms with Gasteiger partial charge in [0.25, 0.3) is 0 Å². The summed E-state index contributed by atoms with van der Waals surface area (Å²) in [5.41, 5.74) is 6.09. The molecule has 1 aliphatic heterocycles. The molecule has 0 aromatic carbocycles. The fraction of sp³-hybridized carbons (Fsp3) is 0.500. The molecule has 0 spiro atoms. The highest BCUT2D eigenvalue weighted by Gasteiger charge is 2.44. The van der Waals surface area contributed by atoms with Crippen molar-refractivity contribution in [1.82, 2.24) is 19.5 Å². The van der Waals surface area contributed by atoms with Gasteiger partial charge in [-0.3, -0.25) is 4.57 Å². The number of hydrogen-bond donors (Lipinski definition) is 4. The second-order valence-electron chi connectivity index (χ2n) is 4.98. The Morgan fingerprint density at radius 3 is 2.78 bits per heavy atom. The van der Waals surface area contributed by atoms with Crippen LogP contribution in [0.15, 0.2) is 6.33 Å². The van der Waals surface area contributed by atoms with Crippen molar-refractivity contribution in [3.8, 4) is 0 Å². The van der Waals surface area contributed by atoms with E-state index in [0.717, 1.165) is 0 Å². The highest BCUT2D eigenvalue weighted by atomic mass is 16.6. The number of carbonyl (C=O) groups is 1. The van der Waals surface area contributed by atoms with Gasteiger partial charge in [-0.1, -0.05) is 0 Å². The average molecular weight is 325 g/mol. The Labute approximate surface area is 129 Å². The molecule has 2 aromatic heterocycles. The maximum absolute atomic E-state index is 11.6. The van der Waals surface area contributed by atoms with Crippen LogP contribution in [0.2, 0.25) is 0 Å². The summed E-state index contributed by atoms with van der Waals surface area (Å²) < 4.78 is 11.3. The summed E-state index contributed by atoms with van der Waals surface area (Å²) >= 11 is 0. The molecule has 11 nitrogen and oxygen atoms in total. The summed E-state index contributed by atoms with van der Waals surface area (Å²) in [5.74, 6) is -1.10. The van der Waals surface area contributed by atoms with E-state index in [-0.39, 0.29) is 22.8 Å². The smallest absolute Gasteiger partial charge is 0.376 e. The lowest BCUT2D eigenvalue weighted by molar-refractivity contribution is -0.0511. The molecule has 2 aromatic rings. The van der Waals surface area contributed by atoms with Crippen LogP contribution in [0, 0.1) is 0 Å². The molecule has 5 N–H and O–H groups in total. The lowest BCUT2D eigenvalue weighted by Gasteiger charge is -2.16. The fourth-order valence-corrected chi connectivity index (χ4v) is 2.42. The number of fused-ring (bicyclic) bond motifs is 1. The quantitative estimate of drug-likeness (QED) is 0.455. The molecule has 3 rings (SSSR count). The van der Waals surface area contributed by atoms with Crippen LogP contribution in [0.5, 0.6) is 0 Å². The van der Waals surface area contributed by atoms with E-state index in [4.69, 9.17) is 15.6 Å². The zero-order valence-corrected chi connectivity index (χ0v) is 12.0. The molecule has 124 valence electrons. The summed E-state index contributed by atoms with van der Waals surface area (Å²) in [5, 5.41) is 29.1. The molecule has 1 aliphatic rings. The van der Waals surface area contributed by atoms with Crippen LogP contribution in [-0.4, -0.2) is 72.8 Å². The van der Waals surface area contributed by atoms with Gasteiger partial charge < -0.3 is 30.5 Å². The second-order valence-corrected chi connectivity index (χ2v) is 4.98. The third-order valence-electron chi connectivity index (χ3n) is 3.61. The maximum atomic E-state index is 11.6. The Morgan fingerprint density at radius 2 is 2.17 bits per heavy atom. The number of carbonyl (C=O) groups excluding carboxylic acids is 1. The van der Waals surface area contributed by atoms with E-state index in [1.54, 1.807) is 0 Å². The number of nitrogen functional groups attached to an aromatic ring is 1. The number of anilines is 1. The number of hydrogen-bond acceptors (Lipinski definition) is 10. The molecule has 0 aliphatic carbocycles. The Hall–Kier alpha value is -2.34. The van der Waals surface area contributed by atoms with Gasteiger partial charge in [0.05, 0.1) is 20.0 Å². The van der Waals surface area contributed by atoms with Crippen molar-refractivity contribution >= 4 is 23.0 Å². The predicted molar refractivity (Wildman–Crippen MR) is 74.1 cm³/mol. The number of aliphatic hydroxyl groups is 3. The van der Waals surface area contributed by atoms with E-state index in [2.05, 4.69) is 19.7 Å². The first kappa shape index (κ1) is 15.6. The summed E-state index contributed by atoms with van der Waals surface area (Å²) in [7, 11) is 1.18. The number of aliphatic hydroxyl groups excluding tert-OH is 3. The summed E-state index contributed by atoms with van der Waals surface area (Å²) in [6.07, 6.45) is -3.31. The predicted octanol–water partition coefficient (Wildman–Crippen LogP) is -2.19. The van der Waals surface area contributed by atoms with Gasteiger partial charge in [0.15, 0.2) is 17.7 Å². The van der Waals surface area contributed by atoms with Gasteiger partial charge in [-0.15, -0.1) is 0 Å². The molecule has 3 heterocycles. The molecule has 23 heavy (non-hydrogen) atoms. The Morgan fingerprint density at radius 1 is 1.43 bits per heavy atom. The van der Waals surface area contributed by atoms with Gasteiger partial charge in [0.2, 0.25) is 5.82 Å². The maximum Gasteiger partial charge on any atom is 0.376 e. The average Bonchev–Trinajstić information content (AvgIpc) is 3.09. The van der Waals surface area contributed by atoms with Crippen molar-refractivity contribution in [3.63, 3.8) is 0 Å². The van der Waals surface area contributed by atoms with E-state index in [0.29, 0.717) is 0 Å². The molecule has 11 heteroatoms. The Bertz CT molecular complexity index is 749. The number of rotatable bonds is 3. The first-order chi connectivity index (χ1) is 11.0. The van der Waals surface area contributed by atoms with Crippen LogP contribution in [0.4, 0.5) is 5.82 Å². The van der Waals surface area contributed by atoms with Crippen molar-refractivity contribution in [3.05, 3.63) is 12.2 Å². The molecule has 0 bridgehead atoms. The topological polar surface area (TPSA) is 166 Å². The van der Waals surface area contributed by atoms with Crippen LogP contribution >= 0.6 is 0 Å². The zero-order chi connectivity index (χ0) is 16.7. The number of aromatic nitrogens is 4. The minimum atomic E-state index is -1.32. The van der Waals surface area contributed by atoms with Crippen molar-refractivity contribution in [2.45, 2.75) is 24.5 Å².